The number of rotatable bonds is 1. The van der Waals surface area contributed by atoms with Crippen molar-refractivity contribution in [1.82, 2.24) is 9.55 Å². The van der Waals surface area contributed by atoms with Gasteiger partial charge in [-0.1, -0.05) is 32.9 Å². The molecular formula is C14H18N2S. The van der Waals surface area contributed by atoms with Gasteiger partial charge >= 0.3 is 0 Å². The van der Waals surface area contributed by atoms with Gasteiger partial charge in [-0.2, -0.15) is 0 Å². The molecule has 2 nitrogen and oxygen atoms in total. The van der Waals surface area contributed by atoms with Gasteiger partial charge in [-0.3, -0.25) is 4.57 Å². The molecule has 0 spiro atoms. The highest BCUT2D eigenvalue weighted by molar-refractivity contribution is 7.71. The Morgan fingerprint density at radius 1 is 1.24 bits per heavy atom. The van der Waals surface area contributed by atoms with Crippen LogP contribution in [0.5, 0.6) is 0 Å². The van der Waals surface area contributed by atoms with Gasteiger partial charge in [0, 0.05) is 23.0 Å². The summed E-state index contributed by atoms with van der Waals surface area (Å²) in [5.41, 5.74) is 3.64. The summed E-state index contributed by atoms with van der Waals surface area (Å²) in [6.45, 7) is 8.67. The van der Waals surface area contributed by atoms with E-state index in [1.807, 2.05) is 6.20 Å². The summed E-state index contributed by atoms with van der Waals surface area (Å²) in [4.78, 5) is 3.14. The Labute approximate surface area is 107 Å². The average molecular weight is 246 g/mol. The van der Waals surface area contributed by atoms with Gasteiger partial charge in [-0.05, 0) is 36.8 Å². The zero-order valence-corrected chi connectivity index (χ0v) is 11.6. The lowest BCUT2D eigenvalue weighted by Gasteiger charge is -2.20. The lowest BCUT2D eigenvalue weighted by atomic mass is 9.92. The minimum atomic E-state index is 0.0668. The fourth-order valence-corrected chi connectivity index (χ4v) is 2.21. The molecule has 90 valence electrons. The topological polar surface area (TPSA) is 20.7 Å². The SMILES string of the molecule is Cc1cccc(-n2c(C(C)(C)C)c[nH]c2=S)c1. The second-order valence-electron chi connectivity index (χ2n) is 5.40. The number of aromatic nitrogens is 2. The van der Waals surface area contributed by atoms with Crippen LogP contribution in [0.3, 0.4) is 0 Å². The number of aromatic amines is 1. The van der Waals surface area contributed by atoms with Crippen molar-refractivity contribution in [1.29, 1.82) is 0 Å². The van der Waals surface area contributed by atoms with Crippen molar-refractivity contribution in [3.8, 4) is 5.69 Å². The van der Waals surface area contributed by atoms with Gasteiger partial charge in [0.05, 0.1) is 0 Å². The van der Waals surface area contributed by atoms with Crippen LogP contribution in [-0.2, 0) is 5.41 Å². The summed E-state index contributed by atoms with van der Waals surface area (Å²) in [5, 5.41) is 0. The van der Waals surface area contributed by atoms with Crippen LogP contribution in [0.15, 0.2) is 30.5 Å². The summed E-state index contributed by atoms with van der Waals surface area (Å²) in [6, 6.07) is 8.40. The van der Waals surface area contributed by atoms with Crippen molar-refractivity contribution < 1.29 is 0 Å². The fraction of sp³-hybridized carbons (Fsp3) is 0.357. The van der Waals surface area contributed by atoms with Gasteiger partial charge in [0.25, 0.3) is 0 Å². The van der Waals surface area contributed by atoms with Gasteiger partial charge in [0.15, 0.2) is 4.77 Å². The number of benzene rings is 1. The summed E-state index contributed by atoms with van der Waals surface area (Å²) in [5.74, 6) is 0. The molecule has 0 fully saturated rings. The quantitative estimate of drug-likeness (QED) is 0.750. The van der Waals surface area contributed by atoms with Crippen LogP contribution in [0.2, 0.25) is 0 Å². The van der Waals surface area contributed by atoms with Gasteiger partial charge in [0.2, 0.25) is 0 Å². The molecule has 2 rings (SSSR count). The molecule has 0 aliphatic carbocycles. The fourth-order valence-electron chi connectivity index (χ4n) is 1.94. The normalized spacial score (nSPS) is 11.8. The molecule has 1 heterocycles. The molecule has 0 amide bonds. The van der Waals surface area contributed by atoms with Crippen molar-refractivity contribution in [2.45, 2.75) is 33.1 Å². The molecule has 0 aliphatic heterocycles. The molecular weight excluding hydrogens is 228 g/mol. The molecule has 0 radical (unpaired) electrons. The van der Waals surface area contributed by atoms with Crippen molar-refractivity contribution in [2.24, 2.45) is 0 Å². The molecule has 0 unspecified atom stereocenters. The molecule has 0 bridgehead atoms. The maximum atomic E-state index is 5.37. The summed E-state index contributed by atoms with van der Waals surface area (Å²) < 4.78 is 2.86. The molecule has 3 heteroatoms. The van der Waals surface area contributed by atoms with Crippen LogP contribution in [0.4, 0.5) is 0 Å². The van der Waals surface area contributed by atoms with Crippen molar-refractivity contribution >= 4 is 12.2 Å². The van der Waals surface area contributed by atoms with Crippen molar-refractivity contribution in [3.63, 3.8) is 0 Å². The Morgan fingerprint density at radius 3 is 2.53 bits per heavy atom. The first kappa shape index (κ1) is 12.1. The summed E-state index contributed by atoms with van der Waals surface area (Å²) >= 11 is 5.37. The van der Waals surface area contributed by atoms with Gasteiger partial charge < -0.3 is 4.98 Å². The van der Waals surface area contributed by atoms with Crippen LogP contribution >= 0.6 is 12.2 Å². The molecule has 0 atom stereocenters. The molecule has 1 aromatic heterocycles. The first-order valence-corrected chi connectivity index (χ1v) is 6.18. The number of hydrogen-bond donors (Lipinski definition) is 1. The molecule has 0 aliphatic rings. The van der Waals surface area contributed by atoms with Crippen LogP contribution in [0.25, 0.3) is 5.69 Å². The van der Waals surface area contributed by atoms with Crippen molar-refractivity contribution in [2.75, 3.05) is 0 Å². The zero-order chi connectivity index (χ0) is 12.6. The number of nitrogens with one attached hydrogen (secondary N) is 1. The Kier molecular flexibility index (Phi) is 2.96. The average Bonchev–Trinajstić information content (AvgIpc) is 2.59. The number of imidazole rings is 1. The first-order valence-electron chi connectivity index (χ1n) is 5.77. The lowest BCUT2D eigenvalue weighted by molar-refractivity contribution is 0.555. The van der Waals surface area contributed by atoms with E-state index >= 15 is 0 Å². The Morgan fingerprint density at radius 2 is 1.94 bits per heavy atom. The highest BCUT2D eigenvalue weighted by Gasteiger charge is 2.19. The van der Waals surface area contributed by atoms with E-state index in [1.165, 1.54) is 11.3 Å². The van der Waals surface area contributed by atoms with Gasteiger partial charge in [-0.15, -0.1) is 0 Å². The summed E-state index contributed by atoms with van der Waals surface area (Å²) in [6.07, 6.45) is 2.00. The predicted molar refractivity (Wildman–Crippen MR) is 74.4 cm³/mol. The lowest BCUT2D eigenvalue weighted by Crippen LogP contribution is -2.16. The largest absolute Gasteiger partial charge is 0.337 e. The summed E-state index contributed by atoms with van der Waals surface area (Å²) in [7, 11) is 0. The Bertz CT molecular complexity index is 585. The van der Waals surface area contributed by atoms with E-state index in [-0.39, 0.29) is 5.41 Å². The number of aryl methyl sites for hydroxylation is 1. The Hall–Kier alpha value is -1.35. The molecule has 0 saturated carbocycles. The van der Waals surface area contributed by atoms with Crippen LogP contribution in [0.1, 0.15) is 32.0 Å². The highest BCUT2D eigenvalue weighted by atomic mass is 32.1. The maximum absolute atomic E-state index is 5.37. The number of H-pyrrole nitrogens is 1. The van der Waals surface area contributed by atoms with E-state index < -0.39 is 0 Å². The third-order valence-electron chi connectivity index (χ3n) is 2.80. The van der Waals surface area contributed by atoms with Crippen LogP contribution in [-0.4, -0.2) is 9.55 Å². The molecule has 1 N–H and O–H groups in total. The van der Waals surface area contributed by atoms with E-state index in [4.69, 9.17) is 12.2 Å². The van der Waals surface area contributed by atoms with Gasteiger partial charge in [0.1, 0.15) is 0 Å². The van der Waals surface area contributed by atoms with Crippen LogP contribution < -0.4 is 0 Å². The Balaban J connectivity index is 2.67. The third kappa shape index (κ3) is 2.34. The number of hydrogen-bond acceptors (Lipinski definition) is 1. The monoisotopic (exact) mass is 246 g/mol. The molecule has 1 aromatic carbocycles. The number of nitrogens with zero attached hydrogens (tertiary/aromatic N) is 1. The first-order chi connectivity index (χ1) is 7.89. The molecule has 0 saturated heterocycles. The van der Waals surface area contributed by atoms with Crippen LogP contribution in [0, 0.1) is 11.7 Å². The highest BCUT2D eigenvalue weighted by Crippen LogP contribution is 2.25. The van der Waals surface area contributed by atoms with E-state index in [0.29, 0.717) is 0 Å². The molecule has 2 aromatic rings. The minimum absolute atomic E-state index is 0.0668. The second kappa shape index (κ2) is 4.15. The molecule has 17 heavy (non-hydrogen) atoms. The zero-order valence-electron chi connectivity index (χ0n) is 10.7. The minimum Gasteiger partial charge on any atom is -0.337 e. The van der Waals surface area contributed by atoms with E-state index in [2.05, 4.69) is 61.5 Å². The van der Waals surface area contributed by atoms with Gasteiger partial charge in [-0.25, -0.2) is 0 Å². The van der Waals surface area contributed by atoms with Crippen molar-refractivity contribution in [3.05, 3.63) is 46.5 Å². The maximum Gasteiger partial charge on any atom is 0.182 e. The third-order valence-corrected chi connectivity index (χ3v) is 3.11. The predicted octanol–water partition coefficient (Wildman–Crippen LogP) is 4.14. The second-order valence-corrected chi connectivity index (χ2v) is 5.79. The van der Waals surface area contributed by atoms with E-state index in [9.17, 15) is 0 Å². The smallest absolute Gasteiger partial charge is 0.182 e. The standard InChI is InChI=1S/C14H18N2S/c1-10-6-5-7-11(8-10)16-12(14(2,3)4)9-15-13(16)17/h5-9H,1-4H3,(H,15,17). The van der Waals surface area contributed by atoms with E-state index in [1.54, 1.807) is 0 Å². The van der Waals surface area contributed by atoms with E-state index in [0.717, 1.165) is 10.5 Å².